The molecule has 0 aliphatic rings. The van der Waals surface area contributed by atoms with E-state index < -0.39 is 18.5 Å². The van der Waals surface area contributed by atoms with Gasteiger partial charge in [0.1, 0.15) is 0 Å². The minimum atomic E-state index is -1.33. The van der Waals surface area contributed by atoms with Gasteiger partial charge in [-0.2, -0.15) is 0 Å². The van der Waals surface area contributed by atoms with Crippen LogP contribution in [-0.2, 0) is 14.4 Å². The Bertz CT molecular complexity index is 940. The van der Waals surface area contributed by atoms with Crippen LogP contribution >= 0.6 is 0 Å². The van der Waals surface area contributed by atoms with Crippen molar-refractivity contribution in [1.29, 1.82) is 0 Å². The predicted molar refractivity (Wildman–Crippen MR) is 252 cm³/mol. The topological polar surface area (TPSA) is 157 Å². The Hall–Kier alpha value is -2.08. The number of unbranched alkanes of at least 4 members (excludes halogenated alkanes) is 29. The lowest BCUT2D eigenvalue weighted by molar-refractivity contribution is -0.149. The van der Waals surface area contributed by atoms with E-state index in [9.17, 15) is 24.3 Å². The van der Waals surface area contributed by atoms with Gasteiger partial charge in [-0.25, -0.2) is 20.1 Å². The number of carboxylic acid groups (broad SMARTS) is 1. The lowest BCUT2D eigenvalue weighted by Gasteiger charge is -2.24. The third-order valence-corrected chi connectivity index (χ3v) is 11.7. The second-order valence-corrected chi connectivity index (χ2v) is 17.4. The van der Waals surface area contributed by atoms with Gasteiger partial charge < -0.3 is 21.5 Å². The number of hydrogen-bond donors (Lipinski definition) is 5. The molecule has 0 unspecified atom stereocenters. The molecule has 0 saturated carbocycles. The van der Waals surface area contributed by atoms with Crippen molar-refractivity contribution in [3.63, 3.8) is 0 Å². The minimum absolute atomic E-state index is 0.0453. The highest BCUT2D eigenvalue weighted by molar-refractivity contribution is 5.96. The maximum atomic E-state index is 13.4. The number of nitrogens with zero attached hydrogens (tertiary/aromatic N) is 2. The van der Waals surface area contributed by atoms with E-state index in [1.807, 2.05) is 0 Å². The van der Waals surface area contributed by atoms with E-state index >= 15 is 0 Å². The average Bonchev–Trinajstić information content (AvgIpc) is 3.23. The molecule has 0 saturated heterocycles. The first-order valence-corrected chi connectivity index (χ1v) is 25.6. The summed E-state index contributed by atoms with van der Waals surface area (Å²) in [5.74, 6) is -1.36. The van der Waals surface area contributed by atoms with Crippen molar-refractivity contribution in [2.75, 3.05) is 45.8 Å². The summed E-state index contributed by atoms with van der Waals surface area (Å²) in [6, 6.07) is 0. The molecule has 4 amide bonds. The standard InChI is InChI=1S/C49H98N6O5/c1-3-5-7-9-11-13-15-17-19-21-23-25-27-29-31-37-46(56)55(47(57)38-32-30-28-26-24-22-20-18-16-14-12-10-8-6-4-2)53-45-48(58)54(49(59)60)44-36-43-52-41-34-33-40-51-42-35-39-50/h51-53H,3-45,50H2,1-2H3,(H,59,60). The molecular formula is C49H98N6O5. The third kappa shape index (κ3) is 38.8. The molecule has 0 bridgehead atoms. The summed E-state index contributed by atoms with van der Waals surface area (Å²) in [5, 5.41) is 17.5. The van der Waals surface area contributed by atoms with Crippen LogP contribution in [0.25, 0.3) is 0 Å². The Balaban J connectivity index is 4.65. The lowest BCUT2D eigenvalue weighted by Crippen LogP contribution is -2.52. The van der Waals surface area contributed by atoms with Crippen LogP contribution in [0.15, 0.2) is 0 Å². The van der Waals surface area contributed by atoms with Crippen LogP contribution in [0.3, 0.4) is 0 Å². The molecule has 0 aromatic rings. The maximum absolute atomic E-state index is 13.4. The monoisotopic (exact) mass is 851 g/mol. The molecule has 0 rings (SSSR count). The molecule has 0 heterocycles. The molecule has 0 radical (unpaired) electrons. The van der Waals surface area contributed by atoms with Crippen molar-refractivity contribution in [2.45, 2.75) is 245 Å². The van der Waals surface area contributed by atoms with E-state index in [1.165, 1.54) is 141 Å². The van der Waals surface area contributed by atoms with Crippen LogP contribution in [-0.4, -0.2) is 84.6 Å². The average molecular weight is 851 g/mol. The molecule has 354 valence electrons. The summed E-state index contributed by atoms with van der Waals surface area (Å²) in [6.45, 7) is 8.11. The van der Waals surface area contributed by atoms with Crippen molar-refractivity contribution >= 4 is 23.8 Å². The highest BCUT2D eigenvalue weighted by Crippen LogP contribution is 2.16. The largest absolute Gasteiger partial charge is 0.465 e. The third-order valence-electron chi connectivity index (χ3n) is 11.7. The van der Waals surface area contributed by atoms with Gasteiger partial charge in [0, 0.05) is 19.4 Å². The SMILES string of the molecule is CCCCCCCCCCCCCCCCCC(=O)N(NCC(=O)N(CCCNCCCCNCCCN)C(=O)O)C(=O)CCCCCCCCCCCCCCCCC. The first kappa shape index (κ1) is 57.9. The van der Waals surface area contributed by atoms with Gasteiger partial charge in [0.05, 0.1) is 6.54 Å². The van der Waals surface area contributed by atoms with E-state index in [2.05, 4.69) is 29.9 Å². The van der Waals surface area contributed by atoms with Crippen LogP contribution in [0.1, 0.15) is 245 Å². The van der Waals surface area contributed by atoms with Gasteiger partial charge in [-0.1, -0.05) is 194 Å². The summed E-state index contributed by atoms with van der Waals surface area (Å²) >= 11 is 0. The molecule has 60 heavy (non-hydrogen) atoms. The number of imide groups is 2. The zero-order valence-electron chi connectivity index (χ0n) is 39.5. The summed E-state index contributed by atoms with van der Waals surface area (Å²) in [5.41, 5.74) is 8.27. The van der Waals surface area contributed by atoms with Crippen LogP contribution in [0.2, 0.25) is 0 Å². The van der Waals surface area contributed by atoms with Crippen molar-refractivity contribution < 1.29 is 24.3 Å². The fourth-order valence-corrected chi connectivity index (χ4v) is 7.74. The van der Waals surface area contributed by atoms with Crippen molar-refractivity contribution in [3.05, 3.63) is 0 Å². The number of carbonyl (C=O) groups excluding carboxylic acids is 3. The maximum Gasteiger partial charge on any atom is 0.414 e. The van der Waals surface area contributed by atoms with Crippen molar-refractivity contribution in [2.24, 2.45) is 5.73 Å². The molecule has 6 N–H and O–H groups in total. The van der Waals surface area contributed by atoms with Gasteiger partial charge in [-0.3, -0.25) is 14.4 Å². The van der Waals surface area contributed by atoms with Gasteiger partial charge in [0.25, 0.3) is 0 Å². The van der Waals surface area contributed by atoms with Gasteiger partial charge in [0.2, 0.25) is 17.7 Å². The van der Waals surface area contributed by atoms with E-state index in [4.69, 9.17) is 5.73 Å². The fraction of sp³-hybridized carbons (Fsp3) is 0.918. The van der Waals surface area contributed by atoms with Gasteiger partial charge in [-0.05, 0) is 71.2 Å². The van der Waals surface area contributed by atoms with Crippen LogP contribution in [0, 0.1) is 0 Å². The molecular weight excluding hydrogens is 753 g/mol. The molecule has 0 aliphatic carbocycles. The number of hydrazine groups is 1. The summed E-state index contributed by atoms with van der Waals surface area (Å²) in [6.07, 6.45) is 39.6. The van der Waals surface area contributed by atoms with E-state index in [-0.39, 0.29) is 31.2 Å². The molecule has 0 atom stereocenters. The van der Waals surface area contributed by atoms with Crippen LogP contribution in [0.4, 0.5) is 4.79 Å². The Morgan fingerprint density at radius 2 is 0.733 bits per heavy atom. The normalized spacial score (nSPS) is 11.3. The molecule has 0 spiro atoms. The van der Waals surface area contributed by atoms with E-state index in [0.29, 0.717) is 32.4 Å². The number of carbonyl (C=O) groups is 4. The second kappa shape index (κ2) is 46.4. The number of nitrogens with two attached hydrogens (primary N) is 1. The Labute approximate surface area is 369 Å². The van der Waals surface area contributed by atoms with E-state index in [1.54, 1.807) is 0 Å². The summed E-state index contributed by atoms with van der Waals surface area (Å²) < 4.78 is 0. The minimum Gasteiger partial charge on any atom is -0.465 e. The molecule has 11 heteroatoms. The van der Waals surface area contributed by atoms with E-state index in [0.717, 1.165) is 87.3 Å². The molecule has 0 aliphatic heterocycles. The van der Waals surface area contributed by atoms with Crippen molar-refractivity contribution in [3.8, 4) is 0 Å². The van der Waals surface area contributed by atoms with Gasteiger partial charge in [0.15, 0.2) is 0 Å². The summed E-state index contributed by atoms with van der Waals surface area (Å²) in [7, 11) is 0. The zero-order chi connectivity index (χ0) is 44.0. The quantitative estimate of drug-likeness (QED) is 0.0297. The highest BCUT2D eigenvalue weighted by atomic mass is 16.4. The molecule has 11 nitrogen and oxygen atoms in total. The smallest absolute Gasteiger partial charge is 0.414 e. The van der Waals surface area contributed by atoms with Crippen molar-refractivity contribution in [1.82, 2.24) is 26.0 Å². The number of hydrogen-bond acceptors (Lipinski definition) is 8. The fourth-order valence-electron chi connectivity index (χ4n) is 7.74. The van der Waals surface area contributed by atoms with Crippen LogP contribution < -0.4 is 21.8 Å². The Morgan fingerprint density at radius 3 is 1.07 bits per heavy atom. The van der Waals surface area contributed by atoms with Gasteiger partial charge in [-0.15, -0.1) is 0 Å². The Morgan fingerprint density at radius 1 is 0.417 bits per heavy atom. The first-order valence-electron chi connectivity index (χ1n) is 25.6. The number of rotatable bonds is 47. The Kier molecular flexibility index (Phi) is 44.8. The number of nitrogens with one attached hydrogen (secondary N) is 3. The second-order valence-electron chi connectivity index (χ2n) is 17.4. The highest BCUT2D eigenvalue weighted by Gasteiger charge is 2.25. The molecule has 0 aromatic heterocycles. The predicted octanol–water partition coefficient (Wildman–Crippen LogP) is 11.6. The summed E-state index contributed by atoms with van der Waals surface area (Å²) in [4.78, 5) is 52.6. The first-order chi connectivity index (χ1) is 29.4. The molecule has 0 fully saturated rings. The molecule has 0 aromatic carbocycles. The number of amides is 4. The zero-order valence-corrected chi connectivity index (χ0v) is 39.5. The van der Waals surface area contributed by atoms with Gasteiger partial charge >= 0.3 is 6.09 Å². The van der Waals surface area contributed by atoms with Crippen LogP contribution in [0.5, 0.6) is 0 Å². The lowest BCUT2D eigenvalue weighted by atomic mass is 10.0.